The number of aryl methyl sites for hydroxylation is 1. The maximum absolute atomic E-state index is 13.3. The molecule has 0 aliphatic carbocycles. The number of aromatic nitrogens is 6. The molecule has 0 saturated heterocycles. The Labute approximate surface area is 256 Å². The Morgan fingerprint density at radius 1 is 0.977 bits per heavy atom. The van der Waals surface area contributed by atoms with Crippen molar-refractivity contribution >= 4 is 28.3 Å². The molecule has 1 unspecified atom stereocenters. The summed E-state index contributed by atoms with van der Waals surface area (Å²) in [7, 11) is 5.48. The first-order valence-corrected chi connectivity index (χ1v) is 14.0. The van der Waals surface area contributed by atoms with E-state index in [0.29, 0.717) is 39.4 Å². The van der Waals surface area contributed by atoms with E-state index in [9.17, 15) is 18.3 Å². The van der Waals surface area contributed by atoms with Gasteiger partial charge in [0.05, 0.1) is 34.4 Å². The molecule has 1 atom stereocenters. The number of alkyl halides is 3. The van der Waals surface area contributed by atoms with E-state index in [4.69, 9.17) is 16.6 Å². The van der Waals surface area contributed by atoms with Crippen molar-refractivity contribution in [1.29, 1.82) is 0 Å². The van der Waals surface area contributed by atoms with Gasteiger partial charge in [-0.15, -0.1) is 0 Å². The van der Waals surface area contributed by atoms with Gasteiger partial charge in [0.1, 0.15) is 11.5 Å². The van der Waals surface area contributed by atoms with Crippen LogP contribution in [0.25, 0.3) is 16.6 Å². The molecule has 0 radical (unpaired) electrons. The smallest absolute Gasteiger partial charge is 0.374 e. The highest BCUT2D eigenvalue weighted by Crippen LogP contribution is 2.41. The van der Waals surface area contributed by atoms with E-state index in [1.165, 1.54) is 18.6 Å². The lowest BCUT2D eigenvalue weighted by atomic mass is 9.83. The molecule has 6 rings (SSSR count). The zero-order valence-electron chi connectivity index (χ0n) is 24.0. The standard InChI is InChI=1S/C32H27ClF3N7O/c1-41(2)30-25(15-20-5-9-23(10-6-20)43-14-4-13-39-43)29(33)24-16-21(7-11-26(24)40-30)31(44,28-18-37-19-42(28)3)22-8-12-27(38-17-22)32(34,35)36/h4-14,16-19,44H,15H2,1-3H3. The highest BCUT2D eigenvalue weighted by molar-refractivity contribution is 6.36. The van der Waals surface area contributed by atoms with Crippen molar-refractivity contribution in [2.24, 2.45) is 7.05 Å². The van der Waals surface area contributed by atoms with Crippen molar-refractivity contribution in [3.8, 4) is 5.69 Å². The van der Waals surface area contributed by atoms with E-state index in [2.05, 4.69) is 15.1 Å². The van der Waals surface area contributed by atoms with Gasteiger partial charge in [-0.05, 0) is 47.5 Å². The largest absolute Gasteiger partial charge is 0.433 e. The summed E-state index contributed by atoms with van der Waals surface area (Å²) in [6, 6.07) is 17.0. The molecule has 224 valence electrons. The van der Waals surface area contributed by atoms with Crippen LogP contribution in [0.5, 0.6) is 0 Å². The summed E-state index contributed by atoms with van der Waals surface area (Å²) in [6.45, 7) is 0. The minimum Gasteiger partial charge on any atom is -0.374 e. The quantitative estimate of drug-likeness (QED) is 0.231. The first-order chi connectivity index (χ1) is 21.0. The van der Waals surface area contributed by atoms with Gasteiger partial charge in [-0.1, -0.05) is 35.9 Å². The van der Waals surface area contributed by atoms with Crippen molar-refractivity contribution in [2.45, 2.75) is 18.2 Å². The van der Waals surface area contributed by atoms with Gasteiger partial charge >= 0.3 is 6.18 Å². The summed E-state index contributed by atoms with van der Waals surface area (Å²) < 4.78 is 43.3. The van der Waals surface area contributed by atoms with Crippen LogP contribution >= 0.6 is 11.6 Å². The van der Waals surface area contributed by atoms with Crippen LogP contribution in [0.2, 0.25) is 5.02 Å². The van der Waals surface area contributed by atoms with Crippen LogP contribution in [-0.2, 0) is 25.2 Å². The Morgan fingerprint density at radius 3 is 2.32 bits per heavy atom. The number of anilines is 1. The normalized spacial score (nSPS) is 13.3. The van der Waals surface area contributed by atoms with Crippen LogP contribution in [0, 0.1) is 0 Å². The van der Waals surface area contributed by atoms with Crippen LogP contribution < -0.4 is 4.90 Å². The van der Waals surface area contributed by atoms with Gasteiger partial charge in [-0.25, -0.2) is 14.6 Å². The number of rotatable bonds is 7. The second-order valence-corrected chi connectivity index (χ2v) is 11.1. The molecular formula is C32H27ClF3N7O. The molecule has 2 aromatic carbocycles. The van der Waals surface area contributed by atoms with Gasteiger partial charge in [0, 0.05) is 62.7 Å². The summed E-state index contributed by atoms with van der Waals surface area (Å²) in [5.41, 5.74) is 1.19. The molecule has 0 saturated carbocycles. The van der Waals surface area contributed by atoms with Gasteiger partial charge in [0.2, 0.25) is 0 Å². The topological polar surface area (TPSA) is 84.9 Å². The SMILES string of the molecule is CN(C)c1nc2ccc(C(O)(c3ccc(C(F)(F)F)nc3)c3cncn3C)cc2c(Cl)c1Cc1ccc(-n2cccn2)cc1. The maximum Gasteiger partial charge on any atom is 0.433 e. The first kappa shape index (κ1) is 29.3. The van der Waals surface area contributed by atoms with Crippen molar-refractivity contribution in [1.82, 2.24) is 29.3 Å². The van der Waals surface area contributed by atoms with Gasteiger partial charge in [-0.3, -0.25) is 4.98 Å². The fraction of sp³-hybridized carbons (Fsp3) is 0.188. The molecule has 12 heteroatoms. The van der Waals surface area contributed by atoms with Crippen LogP contribution in [-0.4, -0.2) is 48.5 Å². The number of benzene rings is 2. The Morgan fingerprint density at radius 2 is 1.73 bits per heavy atom. The number of aliphatic hydroxyl groups is 1. The van der Waals surface area contributed by atoms with E-state index in [-0.39, 0.29) is 5.56 Å². The van der Waals surface area contributed by atoms with E-state index in [0.717, 1.165) is 29.1 Å². The van der Waals surface area contributed by atoms with Crippen LogP contribution in [0.1, 0.15) is 33.6 Å². The number of imidazole rings is 1. The second-order valence-electron chi connectivity index (χ2n) is 10.7. The number of pyridine rings is 2. The summed E-state index contributed by atoms with van der Waals surface area (Å²) in [6.07, 6.45) is 3.46. The maximum atomic E-state index is 13.3. The lowest BCUT2D eigenvalue weighted by Crippen LogP contribution is -2.31. The van der Waals surface area contributed by atoms with Crippen molar-refractivity contribution in [3.05, 3.63) is 130 Å². The molecule has 0 fully saturated rings. The van der Waals surface area contributed by atoms with E-state index in [1.54, 1.807) is 40.7 Å². The minimum absolute atomic E-state index is 0.139. The van der Waals surface area contributed by atoms with Gasteiger partial charge in [0.15, 0.2) is 5.60 Å². The van der Waals surface area contributed by atoms with Gasteiger partial charge in [0.25, 0.3) is 0 Å². The van der Waals surface area contributed by atoms with Gasteiger partial charge in [-0.2, -0.15) is 18.3 Å². The predicted molar refractivity (Wildman–Crippen MR) is 162 cm³/mol. The Bertz CT molecular complexity index is 1940. The molecule has 0 aliphatic rings. The molecule has 4 aromatic heterocycles. The molecule has 0 bridgehead atoms. The lowest BCUT2D eigenvalue weighted by molar-refractivity contribution is -0.141. The Balaban J connectivity index is 1.48. The van der Waals surface area contributed by atoms with Crippen molar-refractivity contribution in [2.75, 3.05) is 19.0 Å². The lowest BCUT2D eigenvalue weighted by Gasteiger charge is -2.30. The molecule has 6 aromatic rings. The third-order valence-corrected chi connectivity index (χ3v) is 8.01. The van der Waals surface area contributed by atoms with Crippen LogP contribution in [0.15, 0.2) is 91.8 Å². The van der Waals surface area contributed by atoms with E-state index >= 15 is 0 Å². The van der Waals surface area contributed by atoms with Gasteiger partial charge < -0.3 is 14.6 Å². The fourth-order valence-corrected chi connectivity index (χ4v) is 5.64. The van der Waals surface area contributed by atoms with Crippen molar-refractivity contribution < 1.29 is 18.3 Å². The summed E-state index contributed by atoms with van der Waals surface area (Å²) in [5, 5.41) is 17.6. The second kappa shape index (κ2) is 11.1. The molecule has 4 heterocycles. The molecular weight excluding hydrogens is 591 g/mol. The van der Waals surface area contributed by atoms with E-state index < -0.39 is 17.5 Å². The Kier molecular flexibility index (Phi) is 7.38. The molecule has 8 nitrogen and oxygen atoms in total. The number of fused-ring (bicyclic) bond motifs is 1. The molecule has 0 amide bonds. The van der Waals surface area contributed by atoms with E-state index in [1.807, 2.05) is 55.5 Å². The first-order valence-electron chi connectivity index (χ1n) is 13.6. The third kappa shape index (κ3) is 5.18. The molecule has 44 heavy (non-hydrogen) atoms. The average molecular weight is 618 g/mol. The third-order valence-electron chi connectivity index (χ3n) is 7.58. The zero-order valence-corrected chi connectivity index (χ0v) is 24.7. The minimum atomic E-state index is -4.62. The average Bonchev–Trinajstić information content (AvgIpc) is 3.70. The summed E-state index contributed by atoms with van der Waals surface area (Å²) in [5.74, 6) is 0.695. The number of halogens is 4. The molecule has 1 N–H and O–H groups in total. The van der Waals surface area contributed by atoms with Crippen LogP contribution in [0.3, 0.4) is 0 Å². The number of hydrogen-bond donors (Lipinski definition) is 1. The molecule has 0 aliphatic heterocycles. The number of nitrogens with zero attached hydrogens (tertiary/aromatic N) is 7. The molecule has 0 spiro atoms. The highest BCUT2D eigenvalue weighted by atomic mass is 35.5. The number of hydrogen-bond acceptors (Lipinski definition) is 6. The van der Waals surface area contributed by atoms with Crippen molar-refractivity contribution in [3.63, 3.8) is 0 Å². The monoisotopic (exact) mass is 617 g/mol. The highest BCUT2D eigenvalue weighted by Gasteiger charge is 2.39. The summed E-state index contributed by atoms with van der Waals surface area (Å²) in [4.78, 5) is 14.5. The fourth-order valence-electron chi connectivity index (χ4n) is 5.34. The van der Waals surface area contributed by atoms with Crippen LogP contribution in [0.4, 0.5) is 19.0 Å². The Hall–Kier alpha value is -4.74. The zero-order chi connectivity index (χ0) is 31.2. The predicted octanol–water partition coefficient (Wildman–Crippen LogP) is 6.16. The summed E-state index contributed by atoms with van der Waals surface area (Å²) >= 11 is 7.13.